The van der Waals surface area contributed by atoms with E-state index in [1.165, 1.54) is 0 Å². The lowest BCUT2D eigenvalue weighted by molar-refractivity contribution is 0.113. The maximum Gasteiger partial charge on any atom is 0.138 e. The average molecular weight is 353 g/mol. The van der Waals surface area contributed by atoms with Crippen LogP contribution in [0.15, 0.2) is 82.9 Å². The molecule has 2 aliphatic rings. The summed E-state index contributed by atoms with van der Waals surface area (Å²) in [6.45, 7) is 0. The molecule has 2 aromatic carbocycles. The molecule has 2 bridgehead atoms. The molecule has 1 N–H and O–H groups in total. The van der Waals surface area contributed by atoms with Crippen molar-refractivity contribution in [2.75, 3.05) is 0 Å². The summed E-state index contributed by atoms with van der Waals surface area (Å²) in [5.74, 6) is 0.726. The fourth-order valence-corrected chi connectivity index (χ4v) is 4.68. The standard InChI is InChI=1S/C20H17BrO/c21-19-15-12-11-14(13-15)18(19)20(22,16-7-3-1-4-8-16)17-9-5-2-6-10-17/h1-12,14-15,22H,13H2. The minimum atomic E-state index is -1.08. The normalized spacial score (nSPS) is 23.4. The molecule has 0 amide bonds. The van der Waals surface area contributed by atoms with Crippen LogP contribution in [0.5, 0.6) is 0 Å². The van der Waals surface area contributed by atoms with E-state index >= 15 is 0 Å². The molecular weight excluding hydrogens is 336 g/mol. The third-order valence-electron chi connectivity index (χ3n) is 4.81. The minimum absolute atomic E-state index is 0.310. The van der Waals surface area contributed by atoms with E-state index in [2.05, 4.69) is 28.1 Å². The maximum absolute atomic E-state index is 11.8. The number of hydrogen-bond donors (Lipinski definition) is 1. The summed E-state index contributed by atoms with van der Waals surface area (Å²) in [6, 6.07) is 20.0. The van der Waals surface area contributed by atoms with E-state index < -0.39 is 5.60 Å². The fourth-order valence-electron chi connectivity index (χ4n) is 3.76. The quantitative estimate of drug-likeness (QED) is 0.788. The van der Waals surface area contributed by atoms with E-state index in [1.807, 2.05) is 60.7 Å². The van der Waals surface area contributed by atoms with Crippen molar-refractivity contribution in [1.29, 1.82) is 0 Å². The molecule has 0 fully saturated rings. The van der Waals surface area contributed by atoms with Crippen LogP contribution >= 0.6 is 15.9 Å². The molecule has 4 rings (SSSR count). The van der Waals surface area contributed by atoms with Crippen molar-refractivity contribution in [3.63, 3.8) is 0 Å². The van der Waals surface area contributed by atoms with E-state index in [4.69, 9.17) is 0 Å². The van der Waals surface area contributed by atoms with Crippen molar-refractivity contribution in [2.45, 2.75) is 12.0 Å². The lowest BCUT2D eigenvalue weighted by Crippen LogP contribution is -2.32. The van der Waals surface area contributed by atoms with E-state index in [1.54, 1.807) is 0 Å². The first-order valence-corrected chi connectivity index (χ1v) is 8.42. The second-order valence-corrected chi connectivity index (χ2v) is 6.89. The number of aliphatic hydroxyl groups is 1. The predicted octanol–water partition coefficient (Wildman–Crippen LogP) is 4.78. The van der Waals surface area contributed by atoms with Crippen molar-refractivity contribution in [3.8, 4) is 0 Å². The Hall–Kier alpha value is -1.64. The van der Waals surface area contributed by atoms with Gasteiger partial charge in [0.05, 0.1) is 0 Å². The largest absolute Gasteiger partial charge is 0.376 e. The molecule has 0 spiro atoms. The predicted molar refractivity (Wildman–Crippen MR) is 92.6 cm³/mol. The molecule has 0 saturated carbocycles. The van der Waals surface area contributed by atoms with Crippen LogP contribution in [0.1, 0.15) is 17.5 Å². The van der Waals surface area contributed by atoms with Gasteiger partial charge in [-0.25, -0.2) is 0 Å². The number of allylic oxidation sites excluding steroid dienone is 3. The fraction of sp³-hybridized carbons (Fsp3) is 0.200. The van der Waals surface area contributed by atoms with Crippen LogP contribution in [0.3, 0.4) is 0 Å². The van der Waals surface area contributed by atoms with Crippen molar-refractivity contribution in [3.05, 3.63) is 94.0 Å². The zero-order chi connectivity index (χ0) is 15.2. The molecule has 2 atom stereocenters. The number of hydrogen-bond acceptors (Lipinski definition) is 1. The Morgan fingerprint density at radius 1 is 0.818 bits per heavy atom. The van der Waals surface area contributed by atoms with Crippen molar-refractivity contribution in [1.82, 2.24) is 0 Å². The summed E-state index contributed by atoms with van der Waals surface area (Å²) in [4.78, 5) is 0. The van der Waals surface area contributed by atoms with Gasteiger partial charge in [-0.2, -0.15) is 0 Å². The number of rotatable bonds is 3. The molecule has 2 aromatic rings. The summed E-state index contributed by atoms with van der Waals surface area (Å²) in [5, 5.41) is 11.8. The van der Waals surface area contributed by atoms with Crippen LogP contribution in [0, 0.1) is 11.8 Å². The van der Waals surface area contributed by atoms with Gasteiger partial charge in [0.2, 0.25) is 0 Å². The third kappa shape index (κ3) is 1.94. The van der Waals surface area contributed by atoms with Gasteiger partial charge in [0.25, 0.3) is 0 Å². The SMILES string of the molecule is OC(C1=C(Br)C2C=CC1C2)(c1ccccc1)c1ccccc1. The monoisotopic (exact) mass is 352 g/mol. The average Bonchev–Trinajstić information content (AvgIpc) is 3.17. The van der Waals surface area contributed by atoms with Crippen LogP contribution in [0.4, 0.5) is 0 Å². The van der Waals surface area contributed by atoms with Gasteiger partial charge in [-0.15, -0.1) is 0 Å². The molecule has 0 saturated heterocycles. The second kappa shape index (κ2) is 5.22. The first-order chi connectivity index (χ1) is 10.7. The Balaban J connectivity index is 1.95. The second-order valence-electron chi connectivity index (χ2n) is 6.04. The van der Waals surface area contributed by atoms with Gasteiger partial charge in [-0.1, -0.05) is 88.7 Å². The molecule has 0 radical (unpaired) electrons. The van der Waals surface area contributed by atoms with Gasteiger partial charge >= 0.3 is 0 Å². The lowest BCUT2D eigenvalue weighted by atomic mass is 9.76. The molecule has 2 unspecified atom stereocenters. The zero-order valence-corrected chi connectivity index (χ0v) is 13.7. The van der Waals surface area contributed by atoms with Crippen molar-refractivity contribution in [2.24, 2.45) is 11.8 Å². The van der Waals surface area contributed by atoms with Crippen LogP contribution in [-0.2, 0) is 5.60 Å². The minimum Gasteiger partial charge on any atom is -0.376 e. The summed E-state index contributed by atoms with van der Waals surface area (Å²) in [7, 11) is 0. The number of fused-ring (bicyclic) bond motifs is 2. The van der Waals surface area contributed by atoms with Gasteiger partial charge < -0.3 is 5.11 Å². The van der Waals surface area contributed by atoms with Crippen LogP contribution in [0.2, 0.25) is 0 Å². The van der Waals surface area contributed by atoms with Crippen molar-refractivity contribution >= 4 is 15.9 Å². The van der Waals surface area contributed by atoms with Gasteiger partial charge in [-0.3, -0.25) is 0 Å². The van der Waals surface area contributed by atoms with Crippen LogP contribution in [-0.4, -0.2) is 5.11 Å². The Bertz CT molecular complexity index is 706. The lowest BCUT2D eigenvalue weighted by Gasteiger charge is -2.34. The smallest absolute Gasteiger partial charge is 0.138 e. The Morgan fingerprint density at radius 2 is 1.32 bits per heavy atom. The Labute approximate surface area is 139 Å². The summed E-state index contributed by atoms with van der Waals surface area (Å²) < 4.78 is 1.15. The molecule has 2 heteroatoms. The topological polar surface area (TPSA) is 20.2 Å². The molecule has 110 valence electrons. The maximum atomic E-state index is 11.8. The van der Waals surface area contributed by atoms with Gasteiger partial charge in [0.1, 0.15) is 5.60 Å². The number of benzene rings is 2. The van der Waals surface area contributed by atoms with E-state index in [0.717, 1.165) is 27.6 Å². The Kier molecular flexibility index (Phi) is 3.32. The van der Waals surface area contributed by atoms with Crippen LogP contribution < -0.4 is 0 Å². The zero-order valence-electron chi connectivity index (χ0n) is 12.1. The molecule has 0 heterocycles. The van der Waals surface area contributed by atoms with Gasteiger partial charge in [-0.05, 0) is 23.1 Å². The highest BCUT2D eigenvalue weighted by Gasteiger charge is 2.46. The van der Waals surface area contributed by atoms with Gasteiger partial charge in [0, 0.05) is 16.3 Å². The van der Waals surface area contributed by atoms with E-state index in [0.29, 0.717) is 11.8 Å². The molecule has 0 aliphatic heterocycles. The summed E-state index contributed by atoms with van der Waals surface area (Å²) in [5.41, 5.74) is 1.87. The Morgan fingerprint density at radius 3 is 1.77 bits per heavy atom. The van der Waals surface area contributed by atoms with Crippen LogP contribution in [0.25, 0.3) is 0 Å². The summed E-state index contributed by atoms with van der Waals surface area (Å²) in [6.07, 6.45) is 5.55. The number of halogens is 1. The van der Waals surface area contributed by atoms with E-state index in [-0.39, 0.29) is 0 Å². The third-order valence-corrected chi connectivity index (χ3v) is 5.83. The van der Waals surface area contributed by atoms with Crippen molar-refractivity contribution < 1.29 is 5.11 Å². The highest BCUT2D eigenvalue weighted by molar-refractivity contribution is 9.11. The van der Waals surface area contributed by atoms with Gasteiger partial charge in [0.15, 0.2) is 0 Å². The first-order valence-electron chi connectivity index (χ1n) is 7.63. The molecule has 2 aliphatic carbocycles. The molecule has 1 nitrogen and oxygen atoms in total. The molecular formula is C20H17BrO. The highest BCUT2D eigenvalue weighted by Crippen LogP contribution is 2.54. The molecule has 22 heavy (non-hydrogen) atoms. The first kappa shape index (κ1) is 14.0. The summed E-state index contributed by atoms with van der Waals surface area (Å²) >= 11 is 3.76. The molecule has 0 aromatic heterocycles. The van der Waals surface area contributed by atoms with E-state index in [9.17, 15) is 5.11 Å². The highest BCUT2D eigenvalue weighted by atomic mass is 79.9.